The number of nitrogens with zero attached hydrogens (tertiary/aromatic N) is 1. The number of carbonyl (C=O) groups is 1. The van der Waals surface area contributed by atoms with Crippen molar-refractivity contribution in [3.8, 4) is 0 Å². The van der Waals surface area contributed by atoms with Crippen molar-refractivity contribution in [2.24, 2.45) is 0 Å². The summed E-state index contributed by atoms with van der Waals surface area (Å²) < 4.78 is 5.43. The van der Waals surface area contributed by atoms with Crippen molar-refractivity contribution in [3.63, 3.8) is 0 Å². The predicted octanol–water partition coefficient (Wildman–Crippen LogP) is 4.22. The van der Waals surface area contributed by atoms with E-state index in [4.69, 9.17) is 4.74 Å². The number of carbonyl (C=O) groups excluding carboxylic acids is 1. The summed E-state index contributed by atoms with van der Waals surface area (Å²) in [4.78, 5) is 15.3. The molecule has 4 heteroatoms. The molecule has 0 bridgehead atoms. The summed E-state index contributed by atoms with van der Waals surface area (Å²) in [5.41, 5.74) is 1.02. The smallest absolute Gasteiger partial charge is 0.410 e. The number of hydrogen-bond acceptors (Lipinski definition) is 3. The molecule has 1 unspecified atom stereocenters. The standard InChI is InChI=1S/C16H17NO2S/c18-16(19-12-13-6-2-1-3-7-13)17-10-4-8-14(17)15-9-5-11-20-15/h1-3,5-7,9,11,14H,4,8,10,12H2. The minimum atomic E-state index is -0.204. The van der Waals surface area contributed by atoms with Crippen LogP contribution in [-0.2, 0) is 11.3 Å². The third-order valence-electron chi connectivity index (χ3n) is 3.56. The Balaban J connectivity index is 1.62. The second-order valence-corrected chi connectivity index (χ2v) is 5.89. The van der Waals surface area contributed by atoms with E-state index in [-0.39, 0.29) is 12.1 Å². The van der Waals surface area contributed by atoms with E-state index in [9.17, 15) is 4.79 Å². The Morgan fingerprint density at radius 1 is 1.25 bits per heavy atom. The predicted molar refractivity (Wildman–Crippen MR) is 79.6 cm³/mol. The Morgan fingerprint density at radius 2 is 2.10 bits per heavy atom. The lowest BCUT2D eigenvalue weighted by Gasteiger charge is -2.23. The van der Waals surface area contributed by atoms with E-state index in [2.05, 4.69) is 11.4 Å². The van der Waals surface area contributed by atoms with Crippen LogP contribution in [0.2, 0.25) is 0 Å². The van der Waals surface area contributed by atoms with Crippen LogP contribution in [-0.4, -0.2) is 17.5 Å². The molecule has 104 valence electrons. The summed E-state index contributed by atoms with van der Waals surface area (Å²) in [6.45, 7) is 1.13. The molecule has 2 heterocycles. The summed E-state index contributed by atoms with van der Waals surface area (Å²) in [6.07, 6.45) is 1.87. The van der Waals surface area contributed by atoms with Gasteiger partial charge in [0.25, 0.3) is 0 Å². The summed E-state index contributed by atoms with van der Waals surface area (Å²) in [7, 11) is 0. The lowest BCUT2D eigenvalue weighted by atomic mass is 10.2. The highest BCUT2D eigenvalue weighted by atomic mass is 32.1. The number of ether oxygens (including phenoxy) is 1. The van der Waals surface area contributed by atoms with E-state index in [1.807, 2.05) is 41.3 Å². The van der Waals surface area contributed by atoms with Gasteiger partial charge in [-0.3, -0.25) is 0 Å². The SMILES string of the molecule is O=C(OCc1ccccc1)N1CCCC1c1cccs1. The van der Waals surface area contributed by atoms with Crippen LogP contribution in [0.4, 0.5) is 4.79 Å². The molecule has 0 saturated carbocycles. The first kappa shape index (κ1) is 13.2. The van der Waals surface area contributed by atoms with Gasteiger partial charge in [-0.15, -0.1) is 11.3 Å². The second-order valence-electron chi connectivity index (χ2n) is 4.91. The molecule has 1 atom stereocenters. The normalized spacial score (nSPS) is 18.2. The Bertz CT molecular complexity index is 553. The third-order valence-corrected chi connectivity index (χ3v) is 4.54. The minimum Gasteiger partial charge on any atom is -0.445 e. The fourth-order valence-electron chi connectivity index (χ4n) is 2.56. The van der Waals surface area contributed by atoms with Crippen molar-refractivity contribution in [1.82, 2.24) is 4.90 Å². The highest BCUT2D eigenvalue weighted by molar-refractivity contribution is 7.10. The molecule has 0 N–H and O–H groups in total. The zero-order valence-corrected chi connectivity index (χ0v) is 12.0. The molecule has 3 nitrogen and oxygen atoms in total. The lowest BCUT2D eigenvalue weighted by molar-refractivity contribution is 0.0925. The van der Waals surface area contributed by atoms with Crippen LogP contribution in [0.3, 0.4) is 0 Å². The molecule has 1 saturated heterocycles. The quantitative estimate of drug-likeness (QED) is 0.845. The van der Waals surface area contributed by atoms with E-state index in [1.165, 1.54) is 4.88 Å². The van der Waals surface area contributed by atoms with Gasteiger partial charge in [-0.05, 0) is 29.9 Å². The van der Waals surface area contributed by atoms with Crippen molar-refractivity contribution < 1.29 is 9.53 Å². The van der Waals surface area contributed by atoms with Gasteiger partial charge in [0, 0.05) is 11.4 Å². The van der Waals surface area contributed by atoms with Crippen LogP contribution < -0.4 is 0 Å². The summed E-state index contributed by atoms with van der Waals surface area (Å²) >= 11 is 1.71. The number of amides is 1. The van der Waals surface area contributed by atoms with Crippen LogP contribution >= 0.6 is 11.3 Å². The molecule has 1 fully saturated rings. The van der Waals surface area contributed by atoms with Gasteiger partial charge in [0.15, 0.2) is 0 Å². The van der Waals surface area contributed by atoms with Crippen molar-refractivity contribution in [2.45, 2.75) is 25.5 Å². The average molecular weight is 287 g/mol. The molecule has 20 heavy (non-hydrogen) atoms. The first-order valence-electron chi connectivity index (χ1n) is 6.85. The molecule has 1 aromatic carbocycles. The molecule has 0 spiro atoms. The molecule has 3 rings (SSSR count). The summed E-state index contributed by atoms with van der Waals surface area (Å²) in [6, 6.07) is 14.1. The van der Waals surface area contributed by atoms with Gasteiger partial charge >= 0.3 is 6.09 Å². The van der Waals surface area contributed by atoms with E-state index in [0.29, 0.717) is 6.61 Å². The van der Waals surface area contributed by atoms with Crippen LogP contribution in [0.25, 0.3) is 0 Å². The maximum atomic E-state index is 12.2. The van der Waals surface area contributed by atoms with Crippen molar-refractivity contribution >= 4 is 17.4 Å². The van der Waals surface area contributed by atoms with Crippen molar-refractivity contribution in [3.05, 3.63) is 58.3 Å². The van der Waals surface area contributed by atoms with Gasteiger partial charge in [0.2, 0.25) is 0 Å². The van der Waals surface area contributed by atoms with Gasteiger partial charge < -0.3 is 9.64 Å². The van der Waals surface area contributed by atoms with Crippen LogP contribution in [0.5, 0.6) is 0 Å². The molecule has 1 aliphatic heterocycles. The maximum absolute atomic E-state index is 12.2. The zero-order chi connectivity index (χ0) is 13.8. The average Bonchev–Trinajstić information content (AvgIpc) is 3.15. The van der Waals surface area contributed by atoms with Gasteiger partial charge in [-0.2, -0.15) is 0 Å². The molecule has 0 aliphatic carbocycles. The van der Waals surface area contributed by atoms with Gasteiger partial charge in [-0.25, -0.2) is 4.79 Å². The second kappa shape index (κ2) is 6.09. The monoisotopic (exact) mass is 287 g/mol. The number of thiophene rings is 1. The maximum Gasteiger partial charge on any atom is 0.410 e. The minimum absolute atomic E-state index is 0.193. The third kappa shape index (κ3) is 2.85. The number of hydrogen-bond donors (Lipinski definition) is 0. The molecule has 0 radical (unpaired) electrons. The van der Waals surface area contributed by atoms with Crippen LogP contribution in [0.15, 0.2) is 47.8 Å². The molecule has 1 aliphatic rings. The summed E-state index contributed by atoms with van der Waals surface area (Å²) in [5, 5.41) is 2.06. The van der Waals surface area contributed by atoms with Crippen molar-refractivity contribution in [2.75, 3.05) is 6.54 Å². The Labute approximate surface area is 122 Å². The molecule has 1 aromatic heterocycles. The van der Waals surface area contributed by atoms with E-state index < -0.39 is 0 Å². The molecule has 2 aromatic rings. The first-order valence-corrected chi connectivity index (χ1v) is 7.73. The van der Waals surface area contributed by atoms with Crippen LogP contribution in [0, 0.1) is 0 Å². The fraction of sp³-hybridized carbons (Fsp3) is 0.312. The van der Waals surface area contributed by atoms with E-state index in [1.54, 1.807) is 11.3 Å². The highest BCUT2D eigenvalue weighted by Gasteiger charge is 2.31. The Hall–Kier alpha value is -1.81. The zero-order valence-electron chi connectivity index (χ0n) is 11.2. The van der Waals surface area contributed by atoms with Gasteiger partial charge in [-0.1, -0.05) is 36.4 Å². The summed E-state index contributed by atoms with van der Waals surface area (Å²) in [5.74, 6) is 0. The first-order chi connectivity index (χ1) is 9.84. The fourth-order valence-corrected chi connectivity index (χ4v) is 3.44. The van der Waals surface area contributed by atoms with Crippen molar-refractivity contribution in [1.29, 1.82) is 0 Å². The van der Waals surface area contributed by atoms with Gasteiger partial charge in [0.05, 0.1) is 6.04 Å². The number of likely N-dealkylation sites (tertiary alicyclic amines) is 1. The van der Waals surface area contributed by atoms with Gasteiger partial charge in [0.1, 0.15) is 6.61 Å². The highest BCUT2D eigenvalue weighted by Crippen LogP contribution is 2.34. The molecular formula is C16H17NO2S. The molecular weight excluding hydrogens is 270 g/mol. The topological polar surface area (TPSA) is 29.5 Å². The van der Waals surface area contributed by atoms with E-state index in [0.717, 1.165) is 24.9 Å². The Kier molecular flexibility index (Phi) is 4.02. The van der Waals surface area contributed by atoms with Crippen LogP contribution in [0.1, 0.15) is 29.3 Å². The number of rotatable bonds is 3. The number of benzene rings is 1. The molecule has 1 amide bonds. The largest absolute Gasteiger partial charge is 0.445 e. The van der Waals surface area contributed by atoms with E-state index >= 15 is 0 Å². The Morgan fingerprint density at radius 3 is 2.85 bits per heavy atom. The lowest BCUT2D eigenvalue weighted by Crippen LogP contribution is -2.30.